The molecular weight excluding hydrogens is 479 g/mol. The first-order valence-corrected chi connectivity index (χ1v) is 10.4. The third-order valence-electron chi connectivity index (χ3n) is 6.09. The average Bonchev–Trinajstić information content (AvgIpc) is 2.74. The van der Waals surface area contributed by atoms with Crippen LogP contribution in [0, 0.1) is 11.8 Å². The maximum absolute atomic E-state index is 11.6. The van der Waals surface area contributed by atoms with Gasteiger partial charge in [-0.3, -0.25) is 14.7 Å². The largest absolute Gasteiger partial charge is 0.469 e. The van der Waals surface area contributed by atoms with Gasteiger partial charge in [-0.15, -0.1) is 24.0 Å². The monoisotopic (exact) mass is 514 g/mol. The molecule has 3 rings (SSSR count). The highest BCUT2D eigenvalue weighted by Gasteiger charge is 2.36. The highest BCUT2D eigenvalue weighted by Crippen LogP contribution is 2.31. The number of likely N-dealkylation sites (tertiary alicyclic amines) is 2. The van der Waals surface area contributed by atoms with E-state index in [1.165, 1.54) is 32.1 Å². The van der Waals surface area contributed by atoms with Gasteiger partial charge in [0.05, 0.1) is 13.0 Å². The van der Waals surface area contributed by atoms with E-state index in [0.29, 0.717) is 18.5 Å². The highest BCUT2D eigenvalue weighted by atomic mass is 127. The number of methoxy groups -OCH3 is 1. The summed E-state index contributed by atoms with van der Waals surface area (Å²) >= 11 is 0. The summed E-state index contributed by atoms with van der Waals surface area (Å²) in [4.78, 5) is 21.1. The fourth-order valence-corrected chi connectivity index (χ4v) is 4.57. The molecule has 0 spiro atoms. The van der Waals surface area contributed by atoms with Crippen molar-refractivity contribution in [1.82, 2.24) is 15.1 Å². The van der Waals surface area contributed by atoms with Crippen molar-refractivity contribution < 1.29 is 9.53 Å². The van der Waals surface area contributed by atoms with Gasteiger partial charge in [-0.2, -0.15) is 0 Å². The number of ether oxygens (including phenoxy) is 1. The van der Waals surface area contributed by atoms with E-state index in [9.17, 15) is 4.79 Å². The molecule has 0 aromatic heterocycles. The van der Waals surface area contributed by atoms with Gasteiger partial charge in [0.2, 0.25) is 0 Å². The molecule has 0 aliphatic carbocycles. The summed E-state index contributed by atoms with van der Waals surface area (Å²) < 4.78 is 4.82. The first kappa shape index (κ1) is 23.9. The number of esters is 1. The molecule has 3 unspecified atom stereocenters. The number of guanidine groups is 1. The van der Waals surface area contributed by atoms with E-state index in [4.69, 9.17) is 4.74 Å². The van der Waals surface area contributed by atoms with Gasteiger partial charge in [-0.05, 0) is 37.3 Å². The topological polar surface area (TPSA) is 57.2 Å². The number of nitrogens with one attached hydrogen (secondary N) is 1. The number of fused-ring (bicyclic) bond motifs is 1. The molecule has 0 amide bonds. The van der Waals surface area contributed by atoms with Crippen LogP contribution >= 0.6 is 24.0 Å². The van der Waals surface area contributed by atoms with Crippen molar-refractivity contribution in [2.75, 3.05) is 40.3 Å². The molecule has 2 heterocycles. The molecule has 7 heteroatoms. The van der Waals surface area contributed by atoms with E-state index in [-0.39, 0.29) is 35.9 Å². The predicted octanol–water partition coefficient (Wildman–Crippen LogP) is 2.98. The van der Waals surface area contributed by atoms with Crippen molar-refractivity contribution in [3.05, 3.63) is 35.9 Å². The molecular formula is C22H35IN4O2. The lowest BCUT2D eigenvalue weighted by molar-refractivity contribution is -0.144. The number of hydrogen-bond acceptors (Lipinski definition) is 4. The molecule has 1 N–H and O–H groups in total. The minimum atomic E-state index is -0.189. The molecule has 0 bridgehead atoms. The third-order valence-corrected chi connectivity index (χ3v) is 6.09. The minimum Gasteiger partial charge on any atom is -0.469 e. The first-order chi connectivity index (χ1) is 13.6. The normalized spacial score (nSPS) is 23.6. The number of piperidine rings is 2. The Hall–Kier alpha value is -1.35. The Morgan fingerprint density at radius 3 is 2.72 bits per heavy atom. The van der Waals surface area contributed by atoms with Crippen LogP contribution in [0.2, 0.25) is 0 Å². The Balaban J connectivity index is 0.00000300. The van der Waals surface area contributed by atoms with Gasteiger partial charge >= 0.3 is 5.97 Å². The number of nitrogens with zero attached hydrogens (tertiary/aromatic N) is 3. The average molecular weight is 514 g/mol. The molecule has 162 valence electrons. The van der Waals surface area contributed by atoms with Crippen molar-refractivity contribution in [2.24, 2.45) is 16.8 Å². The van der Waals surface area contributed by atoms with Gasteiger partial charge in [0.25, 0.3) is 0 Å². The summed E-state index contributed by atoms with van der Waals surface area (Å²) in [7, 11) is 3.25. The maximum atomic E-state index is 11.6. The third kappa shape index (κ3) is 6.31. The summed E-state index contributed by atoms with van der Waals surface area (Å²) in [6, 6.07) is 11.5. The highest BCUT2D eigenvalue weighted by molar-refractivity contribution is 14.0. The van der Waals surface area contributed by atoms with Gasteiger partial charge in [0.15, 0.2) is 5.96 Å². The molecule has 2 saturated heterocycles. The second-order valence-corrected chi connectivity index (χ2v) is 8.01. The number of rotatable bonds is 5. The van der Waals surface area contributed by atoms with Gasteiger partial charge in [0.1, 0.15) is 0 Å². The van der Waals surface area contributed by atoms with Crippen molar-refractivity contribution in [3.8, 4) is 0 Å². The zero-order chi connectivity index (χ0) is 19.9. The van der Waals surface area contributed by atoms with Gasteiger partial charge in [-0.1, -0.05) is 37.3 Å². The fourth-order valence-electron chi connectivity index (χ4n) is 4.57. The number of hydrogen-bond donors (Lipinski definition) is 1. The van der Waals surface area contributed by atoms with E-state index >= 15 is 0 Å². The van der Waals surface area contributed by atoms with Gasteiger partial charge in [-0.25, -0.2) is 0 Å². The lowest BCUT2D eigenvalue weighted by Gasteiger charge is -2.48. The summed E-state index contributed by atoms with van der Waals surface area (Å²) in [5, 5.41) is 3.36. The second-order valence-electron chi connectivity index (χ2n) is 8.01. The van der Waals surface area contributed by atoms with E-state index in [1.807, 2.05) is 14.0 Å². The standard InChI is InChI=1S/C22H34N4O2.HI/c1-17(21(27)28-3)14-24-22(23-2)26-13-11-20-19(16-26)10-7-12-25(20)15-18-8-5-4-6-9-18;/h4-6,8-9,17,19-20H,7,10-16H2,1-3H3,(H,23,24);1H. The molecule has 29 heavy (non-hydrogen) atoms. The van der Waals surface area contributed by atoms with Crippen molar-refractivity contribution in [1.29, 1.82) is 0 Å². The van der Waals surface area contributed by atoms with Crippen molar-refractivity contribution in [3.63, 3.8) is 0 Å². The van der Waals surface area contributed by atoms with Crippen LogP contribution in [0.15, 0.2) is 35.3 Å². The lowest BCUT2D eigenvalue weighted by atomic mass is 9.83. The Morgan fingerprint density at radius 1 is 1.28 bits per heavy atom. The molecule has 0 saturated carbocycles. The summed E-state index contributed by atoms with van der Waals surface area (Å²) in [5.74, 6) is 1.19. The number of halogens is 1. The molecule has 1 aromatic carbocycles. The fraction of sp³-hybridized carbons (Fsp3) is 0.636. The zero-order valence-corrected chi connectivity index (χ0v) is 20.2. The van der Waals surface area contributed by atoms with Crippen LogP contribution in [0.4, 0.5) is 0 Å². The molecule has 2 aliphatic heterocycles. The van der Waals surface area contributed by atoms with Crippen LogP contribution in [0.25, 0.3) is 0 Å². The molecule has 1 aromatic rings. The van der Waals surface area contributed by atoms with E-state index < -0.39 is 0 Å². The Kier molecular flexibility index (Phi) is 9.68. The van der Waals surface area contributed by atoms with E-state index in [0.717, 1.165) is 32.0 Å². The van der Waals surface area contributed by atoms with Crippen LogP contribution in [0.1, 0.15) is 31.7 Å². The van der Waals surface area contributed by atoms with Gasteiger partial charge in [0, 0.05) is 39.3 Å². The van der Waals surface area contributed by atoms with Crippen LogP contribution in [0.5, 0.6) is 0 Å². The van der Waals surface area contributed by atoms with E-state index in [2.05, 4.69) is 50.4 Å². The van der Waals surface area contributed by atoms with Crippen LogP contribution < -0.4 is 5.32 Å². The number of carbonyl (C=O) groups is 1. The molecule has 2 fully saturated rings. The minimum absolute atomic E-state index is 0. The Labute approximate surface area is 192 Å². The van der Waals surface area contributed by atoms with Crippen molar-refractivity contribution in [2.45, 2.75) is 38.8 Å². The molecule has 6 nitrogen and oxygen atoms in total. The smallest absolute Gasteiger partial charge is 0.310 e. The number of benzene rings is 1. The maximum Gasteiger partial charge on any atom is 0.310 e. The van der Waals surface area contributed by atoms with Crippen LogP contribution in [-0.4, -0.2) is 68.1 Å². The summed E-state index contributed by atoms with van der Waals surface area (Å²) in [6.45, 7) is 6.69. The van der Waals surface area contributed by atoms with Crippen LogP contribution in [0.3, 0.4) is 0 Å². The first-order valence-electron chi connectivity index (χ1n) is 10.4. The molecule has 3 atom stereocenters. The molecule has 2 aliphatic rings. The zero-order valence-electron chi connectivity index (χ0n) is 17.8. The summed E-state index contributed by atoms with van der Waals surface area (Å²) in [5.41, 5.74) is 1.40. The lowest BCUT2D eigenvalue weighted by Crippen LogP contribution is -2.57. The Bertz CT molecular complexity index is 670. The number of carbonyl (C=O) groups excluding carboxylic acids is 1. The predicted molar refractivity (Wildman–Crippen MR) is 128 cm³/mol. The van der Waals surface area contributed by atoms with Gasteiger partial charge < -0.3 is 15.0 Å². The van der Waals surface area contributed by atoms with Crippen LogP contribution in [-0.2, 0) is 16.1 Å². The Morgan fingerprint density at radius 2 is 2.03 bits per heavy atom. The number of aliphatic imine (C=N–C) groups is 1. The van der Waals surface area contributed by atoms with Crippen molar-refractivity contribution >= 4 is 35.9 Å². The summed E-state index contributed by atoms with van der Waals surface area (Å²) in [6.07, 6.45) is 3.69. The quantitative estimate of drug-likeness (QED) is 0.284. The SMILES string of the molecule is CN=C(NCC(C)C(=O)OC)N1CCC2C(CCCN2Cc2ccccc2)C1.I. The van der Waals surface area contributed by atoms with E-state index in [1.54, 1.807) is 0 Å². The molecule has 0 radical (unpaired) electrons. The second kappa shape index (κ2) is 11.7.